The van der Waals surface area contributed by atoms with E-state index >= 15 is 0 Å². The van der Waals surface area contributed by atoms with Crippen LogP contribution in [-0.2, 0) is 0 Å². The first-order chi connectivity index (χ1) is 6.43. The summed E-state index contributed by atoms with van der Waals surface area (Å²) in [7, 11) is 0. The van der Waals surface area contributed by atoms with E-state index in [1.807, 2.05) is 0 Å². The minimum absolute atomic E-state index is 0.150. The first-order valence-corrected chi connectivity index (χ1v) is 3.51. The molecule has 0 aliphatic heterocycles. The number of carboxylic acids is 2. The van der Waals surface area contributed by atoms with Crippen LogP contribution in [0.2, 0.25) is 0 Å². The lowest BCUT2D eigenvalue weighted by atomic mass is 10.3. The van der Waals surface area contributed by atoms with Crippen molar-refractivity contribution in [1.82, 2.24) is 4.98 Å². The van der Waals surface area contributed by atoms with E-state index in [2.05, 4.69) is 4.98 Å². The van der Waals surface area contributed by atoms with E-state index in [4.69, 9.17) is 10.2 Å². The summed E-state index contributed by atoms with van der Waals surface area (Å²) in [4.78, 5) is 24.3. The third kappa shape index (κ3) is 1.60. The normalized spacial score (nSPS) is 9.79. The van der Waals surface area contributed by atoms with Crippen LogP contribution in [-0.4, -0.2) is 27.1 Å². The highest BCUT2D eigenvalue weighted by Gasteiger charge is 2.21. The minimum atomic E-state index is -1.45. The van der Waals surface area contributed by atoms with Gasteiger partial charge in [0.2, 0.25) is 23.3 Å². The third-order valence-corrected chi connectivity index (χ3v) is 1.57. The molecule has 0 saturated heterocycles. The molecule has 0 unspecified atom stereocenters. The standard InChI is InChI=1S/C7H6N2O5/c1-3-5(7(12)13)8-4(6(10)11)2-9(3)14/h2H,1H3,(H,10,11)(H,12,13). The molecule has 7 heteroatoms. The third-order valence-electron chi connectivity index (χ3n) is 1.57. The van der Waals surface area contributed by atoms with E-state index in [0.717, 1.165) is 0 Å². The van der Waals surface area contributed by atoms with Crippen LogP contribution in [0.3, 0.4) is 0 Å². The van der Waals surface area contributed by atoms with Gasteiger partial charge in [0, 0.05) is 6.92 Å². The average Bonchev–Trinajstić information content (AvgIpc) is 2.08. The lowest BCUT2D eigenvalue weighted by Gasteiger charge is -2.03. The summed E-state index contributed by atoms with van der Waals surface area (Å²) in [6.45, 7) is 1.25. The zero-order valence-corrected chi connectivity index (χ0v) is 7.09. The summed E-state index contributed by atoms with van der Waals surface area (Å²) in [5, 5.41) is 28.1. The Kier molecular flexibility index (Phi) is 2.32. The molecule has 1 rings (SSSR count). The van der Waals surface area contributed by atoms with Gasteiger partial charge in [-0.2, -0.15) is 4.73 Å². The molecular weight excluding hydrogens is 192 g/mol. The molecule has 1 aromatic rings. The summed E-state index contributed by atoms with van der Waals surface area (Å²) >= 11 is 0. The van der Waals surface area contributed by atoms with Crippen molar-refractivity contribution in [1.29, 1.82) is 0 Å². The molecule has 0 amide bonds. The Morgan fingerprint density at radius 3 is 2.43 bits per heavy atom. The molecule has 7 nitrogen and oxygen atoms in total. The van der Waals surface area contributed by atoms with Gasteiger partial charge in [-0.3, -0.25) is 0 Å². The van der Waals surface area contributed by atoms with Gasteiger partial charge in [0.1, 0.15) is 0 Å². The highest BCUT2D eigenvalue weighted by atomic mass is 16.5. The Labute approximate surface area is 77.8 Å². The second kappa shape index (κ2) is 3.29. The van der Waals surface area contributed by atoms with Gasteiger partial charge >= 0.3 is 11.9 Å². The van der Waals surface area contributed by atoms with Crippen LogP contribution in [0.15, 0.2) is 6.20 Å². The van der Waals surface area contributed by atoms with Gasteiger partial charge in [0.15, 0.2) is 0 Å². The lowest BCUT2D eigenvalue weighted by Crippen LogP contribution is -2.34. The monoisotopic (exact) mass is 198 g/mol. The fourth-order valence-corrected chi connectivity index (χ4v) is 0.848. The first kappa shape index (κ1) is 9.90. The maximum atomic E-state index is 11.0. The van der Waals surface area contributed by atoms with Gasteiger partial charge in [-0.05, 0) is 0 Å². The second-order valence-corrected chi connectivity index (χ2v) is 2.50. The molecule has 1 aromatic heterocycles. The molecule has 0 bridgehead atoms. The molecule has 0 aromatic carbocycles. The van der Waals surface area contributed by atoms with Gasteiger partial charge in [-0.15, -0.1) is 0 Å². The van der Waals surface area contributed by atoms with Crippen LogP contribution in [0.1, 0.15) is 26.7 Å². The van der Waals surface area contributed by atoms with E-state index in [0.29, 0.717) is 6.20 Å². The Hall–Kier alpha value is -2.18. The number of rotatable bonds is 2. The number of hydrogen-bond acceptors (Lipinski definition) is 4. The van der Waals surface area contributed by atoms with E-state index < -0.39 is 23.3 Å². The fraction of sp³-hybridized carbons (Fsp3) is 0.143. The van der Waals surface area contributed by atoms with Crippen molar-refractivity contribution >= 4 is 11.9 Å². The molecule has 0 saturated carbocycles. The molecule has 1 heterocycles. The molecule has 0 fully saturated rings. The van der Waals surface area contributed by atoms with Gasteiger partial charge in [-0.25, -0.2) is 14.6 Å². The second-order valence-electron chi connectivity index (χ2n) is 2.50. The van der Waals surface area contributed by atoms with E-state index in [1.165, 1.54) is 6.92 Å². The van der Waals surface area contributed by atoms with Crippen molar-refractivity contribution in [3.63, 3.8) is 0 Å². The lowest BCUT2D eigenvalue weighted by molar-refractivity contribution is -0.613. The molecule has 74 valence electrons. The van der Waals surface area contributed by atoms with Crippen LogP contribution in [0, 0.1) is 12.1 Å². The van der Waals surface area contributed by atoms with E-state index in [1.54, 1.807) is 0 Å². The van der Waals surface area contributed by atoms with Crippen LogP contribution >= 0.6 is 0 Å². The first-order valence-electron chi connectivity index (χ1n) is 3.51. The van der Waals surface area contributed by atoms with Crippen molar-refractivity contribution in [2.45, 2.75) is 6.92 Å². The summed E-state index contributed by atoms with van der Waals surface area (Å²) < 4.78 is 0.167. The molecule has 0 aliphatic rings. The van der Waals surface area contributed by atoms with Gasteiger partial charge in [-0.1, -0.05) is 0 Å². The Morgan fingerprint density at radius 1 is 1.43 bits per heavy atom. The summed E-state index contributed by atoms with van der Waals surface area (Å²) in [5.74, 6) is -2.88. The predicted molar refractivity (Wildman–Crippen MR) is 41.9 cm³/mol. The Bertz CT molecular complexity index is 415. The fourth-order valence-electron chi connectivity index (χ4n) is 0.848. The van der Waals surface area contributed by atoms with Crippen molar-refractivity contribution in [3.05, 3.63) is 28.5 Å². The van der Waals surface area contributed by atoms with Crippen LogP contribution < -0.4 is 4.73 Å². The molecule has 0 atom stereocenters. The van der Waals surface area contributed by atoms with E-state index in [-0.39, 0.29) is 10.4 Å². The molecule has 0 radical (unpaired) electrons. The van der Waals surface area contributed by atoms with Crippen molar-refractivity contribution in [2.75, 3.05) is 0 Å². The SMILES string of the molecule is Cc1c(C(=O)O)nc(C(=O)O)c[n+]1[O-]. The van der Waals surface area contributed by atoms with Gasteiger partial charge < -0.3 is 15.4 Å². The van der Waals surface area contributed by atoms with Crippen LogP contribution in [0.25, 0.3) is 0 Å². The topological polar surface area (TPSA) is 114 Å². The van der Waals surface area contributed by atoms with Gasteiger partial charge in [0.05, 0.1) is 0 Å². The number of carboxylic acid groups (broad SMARTS) is 2. The predicted octanol–water partition coefficient (Wildman–Crippen LogP) is -0.580. The van der Waals surface area contributed by atoms with E-state index in [9.17, 15) is 14.8 Å². The van der Waals surface area contributed by atoms with Crippen molar-refractivity contribution < 1.29 is 24.5 Å². The van der Waals surface area contributed by atoms with Crippen molar-refractivity contribution in [3.8, 4) is 0 Å². The Balaban J connectivity index is 3.43. The number of aromatic carboxylic acids is 2. The molecular formula is C7H6N2O5. The zero-order valence-electron chi connectivity index (χ0n) is 7.09. The smallest absolute Gasteiger partial charge is 0.361 e. The maximum absolute atomic E-state index is 11.0. The summed E-state index contributed by atoms with van der Waals surface area (Å²) in [6.07, 6.45) is 0.712. The number of nitrogens with zero attached hydrogens (tertiary/aromatic N) is 2. The number of carbonyl (C=O) groups is 2. The molecule has 0 aliphatic carbocycles. The van der Waals surface area contributed by atoms with Gasteiger partial charge in [0.25, 0.3) is 0 Å². The number of hydrogen-bond donors (Lipinski definition) is 2. The average molecular weight is 198 g/mol. The highest BCUT2D eigenvalue weighted by molar-refractivity contribution is 5.89. The Morgan fingerprint density at radius 2 is 2.00 bits per heavy atom. The number of aromatic nitrogens is 2. The van der Waals surface area contributed by atoms with Crippen LogP contribution in [0.4, 0.5) is 0 Å². The highest BCUT2D eigenvalue weighted by Crippen LogP contribution is 2.01. The van der Waals surface area contributed by atoms with Crippen molar-refractivity contribution in [2.24, 2.45) is 0 Å². The quantitative estimate of drug-likeness (QED) is 0.485. The molecule has 2 N–H and O–H groups in total. The van der Waals surface area contributed by atoms with Crippen LogP contribution in [0.5, 0.6) is 0 Å². The maximum Gasteiger partial charge on any atom is 0.361 e. The molecule has 0 spiro atoms. The summed E-state index contributed by atoms with van der Waals surface area (Å²) in [6, 6.07) is 0. The minimum Gasteiger partial charge on any atom is -0.618 e. The molecule has 14 heavy (non-hydrogen) atoms. The summed E-state index contributed by atoms with van der Waals surface area (Å²) in [5.41, 5.74) is -1.30. The largest absolute Gasteiger partial charge is 0.618 e. The zero-order chi connectivity index (χ0) is 10.9.